The number of nitrogens with one attached hydrogen (secondary N) is 1. The Bertz CT molecular complexity index is 716. The molecule has 1 aromatic heterocycles. The number of hydrogen-bond acceptors (Lipinski definition) is 4. The fourth-order valence-corrected chi connectivity index (χ4v) is 3.27. The van der Waals surface area contributed by atoms with Crippen LogP contribution in [0.4, 0.5) is 5.82 Å². The van der Waals surface area contributed by atoms with E-state index in [1.807, 2.05) is 24.4 Å². The van der Waals surface area contributed by atoms with Gasteiger partial charge < -0.3 is 15.0 Å². The van der Waals surface area contributed by atoms with Gasteiger partial charge in [-0.25, -0.2) is 4.98 Å². The van der Waals surface area contributed by atoms with E-state index in [-0.39, 0.29) is 5.91 Å². The van der Waals surface area contributed by atoms with Crippen molar-refractivity contribution in [1.29, 1.82) is 0 Å². The fraction of sp³-hybridized carbons (Fsp3) is 0.368. The van der Waals surface area contributed by atoms with Crippen LogP contribution in [-0.2, 0) is 0 Å². The number of halogens is 1. The van der Waals surface area contributed by atoms with Crippen molar-refractivity contribution >= 4 is 23.3 Å². The molecule has 1 fully saturated rings. The van der Waals surface area contributed by atoms with Crippen LogP contribution in [0.2, 0.25) is 5.02 Å². The van der Waals surface area contributed by atoms with Crippen LogP contribution in [-0.4, -0.2) is 37.6 Å². The molecule has 1 amide bonds. The molecule has 2 heterocycles. The minimum atomic E-state index is -0.147. The number of pyridine rings is 1. The van der Waals surface area contributed by atoms with Crippen molar-refractivity contribution in [3.05, 3.63) is 53.2 Å². The number of amides is 1. The van der Waals surface area contributed by atoms with Crippen molar-refractivity contribution in [1.82, 2.24) is 10.3 Å². The first kappa shape index (κ1) is 17.5. The molecule has 0 atom stereocenters. The van der Waals surface area contributed by atoms with E-state index in [1.54, 1.807) is 25.3 Å². The second-order valence-corrected chi connectivity index (χ2v) is 6.61. The number of carbonyl (C=O) groups excluding carboxylic acids is 1. The van der Waals surface area contributed by atoms with Gasteiger partial charge in [-0.05, 0) is 49.1 Å². The molecule has 6 heteroatoms. The Kier molecular flexibility index (Phi) is 5.76. The molecule has 0 bridgehead atoms. The van der Waals surface area contributed by atoms with Gasteiger partial charge in [-0.15, -0.1) is 0 Å². The molecule has 2 aromatic rings. The summed E-state index contributed by atoms with van der Waals surface area (Å²) < 4.78 is 5.24. The predicted octanol–water partition coefficient (Wildman–Crippen LogP) is 3.39. The standard InChI is InChI=1S/C19H22ClN3O2/c1-25-17-6-5-15(20)12-16(17)19(24)22-13-14-7-10-23(11-8-14)18-4-2-3-9-21-18/h2-6,9,12,14H,7-8,10-11,13H2,1H3,(H,22,24). The molecule has 1 aromatic carbocycles. The van der Waals surface area contributed by atoms with Crippen LogP contribution in [0, 0.1) is 5.92 Å². The molecule has 132 valence electrons. The van der Waals surface area contributed by atoms with Gasteiger partial charge in [0, 0.05) is 30.9 Å². The summed E-state index contributed by atoms with van der Waals surface area (Å²) in [6.45, 7) is 2.57. The molecule has 1 N–H and O–H groups in total. The maximum Gasteiger partial charge on any atom is 0.255 e. The molecule has 5 nitrogen and oxygen atoms in total. The average Bonchev–Trinajstić information content (AvgIpc) is 2.67. The number of piperidine rings is 1. The quantitative estimate of drug-likeness (QED) is 0.889. The molecule has 0 unspecified atom stereocenters. The third-order valence-electron chi connectivity index (χ3n) is 4.55. The first-order valence-electron chi connectivity index (χ1n) is 8.45. The lowest BCUT2D eigenvalue weighted by Crippen LogP contribution is -2.39. The average molecular weight is 360 g/mol. The van der Waals surface area contributed by atoms with Crippen molar-refractivity contribution in [3.63, 3.8) is 0 Å². The van der Waals surface area contributed by atoms with Gasteiger partial charge in [0.1, 0.15) is 11.6 Å². The van der Waals surface area contributed by atoms with Gasteiger partial charge >= 0.3 is 0 Å². The van der Waals surface area contributed by atoms with Crippen LogP contribution in [0.15, 0.2) is 42.6 Å². The number of anilines is 1. The van der Waals surface area contributed by atoms with Crippen LogP contribution >= 0.6 is 11.6 Å². The van der Waals surface area contributed by atoms with Gasteiger partial charge in [0.25, 0.3) is 5.91 Å². The summed E-state index contributed by atoms with van der Waals surface area (Å²) in [7, 11) is 1.55. The van der Waals surface area contributed by atoms with Crippen molar-refractivity contribution in [2.24, 2.45) is 5.92 Å². The number of benzene rings is 1. The van der Waals surface area contributed by atoms with E-state index in [2.05, 4.69) is 15.2 Å². The minimum Gasteiger partial charge on any atom is -0.496 e. The zero-order chi connectivity index (χ0) is 17.6. The highest BCUT2D eigenvalue weighted by molar-refractivity contribution is 6.31. The van der Waals surface area contributed by atoms with Crippen LogP contribution in [0.3, 0.4) is 0 Å². The second kappa shape index (κ2) is 8.21. The van der Waals surface area contributed by atoms with Gasteiger partial charge in [-0.1, -0.05) is 17.7 Å². The topological polar surface area (TPSA) is 54.5 Å². The summed E-state index contributed by atoms with van der Waals surface area (Å²) in [6.07, 6.45) is 3.88. The highest BCUT2D eigenvalue weighted by atomic mass is 35.5. The van der Waals surface area contributed by atoms with Crippen LogP contribution in [0.5, 0.6) is 5.75 Å². The Hall–Kier alpha value is -2.27. The lowest BCUT2D eigenvalue weighted by molar-refractivity contribution is 0.0942. The van der Waals surface area contributed by atoms with E-state index in [9.17, 15) is 4.79 Å². The lowest BCUT2D eigenvalue weighted by Gasteiger charge is -2.32. The Morgan fingerprint density at radius 3 is 2.80 bits per heavy atom. The van der Waals surface area contributed by atoms with Crippen LogP contribution < -0.4 is 15.0 Å². The highest BCUT2D eigenvalue weighted by Crippen LogP contribution is 2.24. The molecule has 1 aliphatic rings. The van der Waals surface area contributed by atoms with Gasteiger partial charge in [0.05, 0.1) is 12.7 Å². The summed E-state index contributed by atoms with van der Waals surface area (Å²) in [4.78, 5) is 19.1. The Balaban J connectivity index is 1.52. The second-order valence-electron chi connectivity index (χ2n) is 6.17. The molecule has 1 aliphatic heterocycles. The smallest absolute Gasteiger partial charge is 0.255 e. The SMILES string of the molecule is COc1ccc(Cl)cc1C(=O)NCC1CCN(c2ccccn2)CC1. The van der Waals surface area contributed by atoms with E-state index in [4.69, 9.17) is 16.3 Å². The van der Waals surface area contributed by atoms with Gasteiger partial charge in [0.15, 0.2) is 0 Å². The van der Waals surface area contributed by atoms with E-state index in [1.165, 1.54) is 0 Å². The minimum absolute atomic E-state index is 0.147. The lowest BCUT2D eigenvalue weighted by atomic mass is 9.96. The van der Waals surface area contributed by atoms with Gasteiger partial charge in [0.2, 0.25) is 0 Å². The zero-order valence-corrected chi connectivity index (χ0v) is 15.0. The summed E-state index contributed by atoms with van der Waals surface area (Å²) in [6, 6.07) is 11.0. The normalized spacial score (nSPS) is 15.0. The van der Waals surface area contributed by atoms with E-state index >= 15 is 0 Å². The number of aromatic nitrogens is 1. The van der Waals surface area contributed by atoms with Crippen molar-refractivity contribution in [2.75, 3.05) is 31.6 Å². The molecule has 0 spiro atoms. The largest absolute Gasteiger partial charge is 0.496 e. The van der Waals surface area contributed by atoms with Crippen molar-refractivity contribution in [2.45, 2.75) is 12.8 Å². The Morgan fingerprint density at radius 2 is 2.12 bits per heavy atom. The number of nitrogens with zero attached hydrogens (tertiary/aromatic N) is 2. The monoisotopic (exact) mass is 359 g/mol. The molecule has 0 aliphatic carbocycles. The molecular weight excluding hydrogens is 338 g/mol. The predicted molar refractivity (Wildman–Crippen MR) is 99.5 cm³/mol. The number of rotatable bonds is 5. The van der Waals surface area contributed by atoms with E-state index in [0.29, 0.717) is 28.8 Å². The summed E-state index contributed by atoms with van der Waals surface area (Å²) >= 11 is 5.99. The third-order valence-corrected chi connectivity index (χ3v) is 4.78. The van der Waals surface area contributed by atoms with E-state index < -0.39 is 0 Å². The maximum atomic E-state index is 12.4. The number of ether oxygens (including phenoxy) is 1. The van der Waals surface area contributed by atoms with Gasteiger partial charge in [-0.2, -0.15) is 0 Å². The fourth-order valence-electron chi connectivity index (χ4n) is 3.10. The first-order chi connectivity index (χ1) is 12.2. The van der Waals surface area contributed by atoms with Crippen LogP contribution in [0.1, 0.15) is 23.2 Å². The van der Waals surface area contributed by atoms with Gasteiger partial charge in [-0.3, -0.25) is 4.79 Å². The molecule has 0 radical (unpaired) electrons. The summed E-state index contributed by atoms with van der Waals surface area (Å²) in [5.41, 5.74) is 0.473. The summed E-state index contributed by atoms with van der Waals surface area (Å²) in [5.74, 6) is 1.88. The maximum absolute atomic E-state index is 12.4. The Labute approximate surface area is 153 Å². The molecule has 25 heavy (non-hydrogen) atoms. The van der Waals surface area contributed by atoms with Crippen LogP contribution in [0.25, 0.3) is 0 Å². The highest BCUT2D eigenvalue weighted by Gasteiger charge is 2.21. The molecule has 0 saturated carbocycles. The number of carbonyl (C=O) groups is 1. The molecular formula is C19H22ClN3O2. The Morgan fingerprint density at radius 1 is 1.32 bits per heavy atom. The first-order valence-corrected chi connectivity index (χ1v) is 8.83. The van der Waals surface area contributed by atoms with Crippen molar-refractivity contribution in [3.8, 4) is 5.75 Å². The van der Waals surface area contributed by atoms with E-state index in [0.717, 1.165) is 31.7 Å². The van der Waals surface area contributed by atoms with Crippen molar-refractivity contribution < 1.29 is 9.53 Å². The molecule has 3 rings (SSSR count). The number of hydrogen-bond donors (Lipinski definition) is 1. The zero-order valence-electron chi connectivity index (χ0n) is 14.2. The third kappa shape index (κ3) is 4.42. The number of methoxy groups -OCH3 is 1. The molecule has 1 saturated heterocycles. The summed E-state index contributed by atoms with van der Waals surface area (Å²) in [5, 5.41) is 3.54.